The lowest BCUT2D eigenvalue weighted by molar-refractivity contribution is 0.375. The van der Waals surface area contributed by atoms with Gasteiger partial charge in [0.05, 0.1) is 0 Å². The van der Waals surface area contributed by atoms with Gasteiger partial charge >= 0.3 is 5.69 Å². The van der Waals surface area contributed by atoms with Gasteiger partial charge in [-0.05, 0) is 18.4 Å². The van der Waals surface area contributed by atoms with E-state index in [1.165, 1.54) is 0 Å². The molecule has 4 N–H and O–H groups in total. The first-order valence-electron chi connectivity index (χ1n) is 6.03. The zero-order valence-electron chi connectivity index (χ0n) is 11.1. The highest BCUT2D eigenvalue weighted by Gasteiger charge is 2.22. The van der Waals surface area contributed by atoms with Gasteiger partial charge in [-0.3, -0.25) is 9.78 Å². The third-order valence-corrected chi connectivity index (χ3v) is 2.66. The fourth-order valence-corrected chi connectivity index (χ4v) is 1.67. The first-order chi connectivity index (χ1) is 8.39. The van der Waals surface area contributed by atoms with Crippen LogP contribution in [0.1, 0.15) is 27.2 Å². The normalized spacial score (nSPS) is 11.6. The van der Waals surface area contributed by atoms with Crippen molar-refractivity contribution in [1.82, 2.24) is 15.2 Å². The molecular weight excluding hydrogens is 234 g/mol. The lowest BCUT2D eigenvalue weighted by atomic mass is 9.93. The van der Waals surface area contributed by atoms with E-state index in [-0.39, 0.29) is 11.2 Å². The first kappa shape index (κ1) is 14.4. The first-order valence-corrected chi connectivity index (χ1v) is 6.03. The molecule has 0 aromatic carbocycles. The SMILES string of the molecule is CCCN(CC(C)(C)CN)c1n[nH]c(=O)[nH]c1=O. The molecule has 0 aliphatic heterocycles. The van der Waals surface area contributed by atoms with Crippen molar-refractivity contribution in [3.63, 3.8) is 0 Å². The predicted molar refractivity (Wildman–Crippen MR) is 70.8 cm³/mol. The minimum atomic E-state index is -0.599. The Morgan fingerprint density at radius 2 is 2.06 bits per heavy atom. The smallest absolute Gasteiger partial charge is 0.342 e. The van der Waals surface area contributed by atoms with Crippen LogP contribution in [-0.4, -0.2) is 34.8 Å². The largest absolute Gasteiger partial charge is 0.350 e. The number of anilines is 1. The van der Waals surface area contributed by atoms with Gasteiger partial charge in [0.2, 0.25) is 5.82 Å². The van der Waals surface area contributed by atoms with Gasteiger partial charge in [0.25, 0.3) is 5.56 Å². The third-order valence-electron chi connectivity index (χ3n) is 2.66. The molecule has 1 aromatic heterocycles. The number of nitrogens with one attached hydrogen (secondary N) is 2. The quantitative estimate of drug-likeness (QED) is 0.644. The van der Waals surface area contributed by atoms with Crippen LogP contribution in [0.4, 0.5) is 5.82 Å². The van der Waals surface area contributed by atoms with Crippen molar-refractivity contribution in [2.75, 3.05) is 24.5 Å². The van der Waals surface area contributed by atoms with Gasteiger partial charge in [0.15, 0.2) is 0 Å². The van der Waals surface area contributed by atoms with Crippen LogP contribution in [0.25, 0.3) is 0 Å². The summed E-state index contributed by atoms with van der Waals surface area (Å²) in [6, 6.07) is 0. The number of aromatic amines is 2. The fraction of sp³-hybridized carbons (Fsp3) is 0.727. The Labute approximate surface area is 105 Å². The molecule has 1 heterocycles. The van der Waals surface area contributed by atoms with Crippen molar-refractivity contribution in [2.45, 2.75) is 27.2 Å². The average Bonchev–Trinajstić information content (AvgIpc) is 2.28. The van der Waals surface area contributed by atoms with E-state index in [4.69, 9.17) is 5.73 Å². The number of H-pyrrole nitrogens is 2. The summed E-state index contributed by atoms with van der Waals surface area (Å²) in [4.78, 5) is 26.7. The monoisotopic (exact) mass is 255 g/mol. The minimum Gasteiger partial charge on any atom is -0.350 e. The lowest BCUT2D eigenvalue weighted by Gasteiger charge is -2.31. The van der Waals surface area contributed by atoms with Gasteiger partial charge in [-0.25, -0.2) is 9.89 Å². The summed E-state index contributed by atoms with van der Waals surface area (Å²) in [5.74, 6) is 0.234. The molecule has 0 bridgehead atoms. The van der Waals surface area contributed by atoms with Crippen LogP contribution in [0.3, 0.4) is 0 Å². The zero-order chi connectivity index (χ0) is 13.8. The summed E-state index contributed by atoms with van der Waals surface area (Å²) < 4.78 is 0. The van der Waals surface area contributed by atoms with E-state index in [1.807, 2.05) is 25.7 Å². The Kier molecular flexibility index (Phi) is 4.66. The highest BCUT2D eigenvalue weighted by atomic mass is 16.2. The zero-order valence-corrected chi connectivity index (χ0v) is 11.1. The van der Waals surface area contributed by atoms with E-state index in [1.54, 1.807) is 0 Å². The van der Waals surface area contributed by atoms with E-state index in [2.05, 4.69) is 15.2 Å². The van der Waals surface area contributed by atoms with E-state index in [9.17, 15) is 9.59 Å². The van der Waals surface area contributed by atoms with Gasteiger partial charge in [0, 0.05) is 13.1 Å². The van der Waals surface area contributed by atoms with E-state index < -0.39 is 11.2 Å². The molecule has 102 valence electrons. The maximum atomic E-state index is 11.7. The molecular formula is C11H21N5O2. The van der Waals surface area contributed by atoms with Crippen molar-refractivity contribution >= 4 is 5.82 Å². The van der Waals surface area contributed by atoms with Crippen LogP contribution in [0.2, 0.25) is 0 Å². The van der Waals surface area contributed by atoms with Crippen LogP contribution < -0.4 is 21.9 Å². The van der Waals surface area contributed by atoms with Crippen molar-refractivity contribution in [1.29, 1.82) is 0 Å². The van der Waals surface area contributed by atoms with Gasteiger partial charge in [-0.15, -0.1) is 5.10 Å². The maximum absolute atomic E-state index is 11.7. The Balaban J connectivity index is 3.04. The maximum Gasteiger partial charge on any atom is 0.342 e. The van der Waals surface area contributed by atoms with Crippen LogP contribution >= 0.6 is 0 Å². The molecule has 0 amide bonds. The number of nitrogens with two attached hydrogens (primary N) is 1. The molecule has 0 fully saturated rings. The van der Waals surface area contributed by atoms with Gasteiger partial charge < -0.3 is 10.6 Å². The number of hydrogen-bond donors (Lipinski definition) is 3. The molecule has 0 saturated carbocycles. The minimum absolute atomic E-state index is 0.126. The van der Waals surface area contributed by atoms with Crippen molar-refractivity contribution < 1.29 is 0 Å². The molecule has 0 spiro atoms. The van der Waals surface area contributed by atoms with Crippen LogP contribution in [0, 0.1) is 5.41 Å². The Morgan fingerprint density at radius 1 is 1.39 bits per heavy atom. The Morgan fingerprint density at radius 3 is 2.56 bits per heavy atom. The summed E-state index contributed by atoms with van der Waals surface area (Å²) in [7, 11) is 0. The van der Waals surface area contributed by atoms with E-state index in [0.29, 0.717) is 19.6 Å². The number of aromatic nitrogens is 3. The van der Waals surface area contributed by atoms with Crippen LogP contribution in [0.5, 0.6) is 0 Å². The molecule has 0 saturated heterocycles. The van der Waals surface area contributed by atoms with E-state index in [0.717, 1.165) is 6.42 Å². The highest BCUT2D eigenvalue weighted by Crippen LogP contribution is 2.17. The molecule has 18 heavy (non-hydrogen) atoms. The molecule has 0 radical (unpaired) electrons. The lowest BCUT2D eigenvalue weighted by Crippen LogP contribution is -2.43. The molecule has 0 aliphatic rings. The molecule has 0 unspecified atom stereocenters. The second-order valence-electron chi connectivity index (χ2n) is 5.12. The predicted octanol–water partition coefficient (Wildman–Crippen LogP) is -0.340. The van der Waals surface area contributed by atoms with Gasteiger partial charge in [0.1, 0.15) is 0 Å². The number of rotatable bonds is 6. The summed E-state index contributed by atoms with van der Waals surface area (Å²) in [5, 5.41) is 6.07. The summed E-state index contributed by atoms with van der Waals surface area (Å²) in [5.41, 5.74) is 4.50. The van der Waals surface area contributed by atoms with Crippen molar-refractivity contribution in [3.8, 4) is 0 Å². The Bertz CT molecular complexity index is 491. The Hall–Kier alpha value is -1.63. The standard InChI is InChI=1S/C11H21N5O2/c1-4-5-16(7-11(2,3)6-12)8-9(17)13-10(18)15-14-8/h4-7,12H2,1-3H3,(H2,13,15,17,18). The topological polar surface area (TPSA) is 108 Å². The molecule has 1 aromatic rings. The van der Waals surface area contributed by atoms with Gasteiger partial charge in [-0.2, -0.15) is 0 Å². The number of nitrogens with zero attached hydrogens (tertiary/aromatic N) is 2. The molecule has 7 nitrogen and oxygen atoms in total. The third kappa shape index (κ3) is 3.69. The second kappa shape index (κ2) is 5.81. The van der Waals surface area contributed by atoms with Crippen LogP contribution in [-0.2, 0) is 0 Å². The average molecular weight is 255 g/mol. The summed E-state index contributed by atoms with van der Waals surface area (Å²) in [6.45, 7) is 7.87. The molecule has 7 heteroatoms. The van der Waals surface area contributed by atoms with Gasteiger partial charge in [-0.1, -0.05) is 20.8 Å². The summed E-state index contributed by atoms with van der Waals surface area (Å²) >= 11 is 0. The molecule has 1 rings (SSSR count). The second-order valence-corrected chi connectivity index (χ2v) is 5.12. The van der Waals surface area contributed by atoms with Crippen LogP contribution in [0.15, 0.2) is 9.59 Å². The fourth-order valence-electron chi connectivity index (χ4n) is 1.67. The molecule has 0 aliphatic carbocycles. The van der Waals surface area contributed by atoms with E-state index >= 15 is 0 Å². The highest BCUT2D eigenvalue weighted by molar-refractivity contribution is 5.34. The molecule has 0 atom stereocenters. The number of hydrogen-bond acceptors (Lipinski definition) is 5. The summed E-state index contributed by atoms with van der Waals surface area (Å²) in [6.07, 6.45) is 0.876. The van der Waals surface area contributed by atoms with Crippen molar-refractivity contribution in [2.24, 2.45) is 11.1 Å². The van der Waals surface area contributed by atoms with Crippen molar-refractivity contribution in [3.05, 3.63) is 20.8 Å².